The van der Waals surface area contributed by atoms with Crippen LogP contribution in [0.3, 0.4) is 0 Å². The molecule has 1 saturated heterocycles. The molecule has 0 radical (unpaired) electrons. The highest BCUT2D eigenvalue weighted by molar-refractivity contribution is 14.0. The van der Waals surface area contributed by atoms with Gasteiger partial charge in [0.05, 0.1) is 0 Å². The first-order valence-electron chi connectivity index (χ1n) is 11.0. The first-order chi connectivity index (χ1) is 14.1. The number of carbonyl (C=O) groups excluding carboxylic acids is 1. The highest BCUT2D eigenvalue weighted by Crippen LogP contribution is 2.39. The second-order valence-electron chi connectivity index (χ2n) is 8.56. The Morgan fingerprint density at radius 3 is 2.37 bits per heavy atom. The molecule has 0 bridgehead atoms. The minimum atomic E-state index is 0. The number of guanidine groups is 1. The van der Waals surface area contributed by atoms with Crippen LogP contribution in [-0.2, 0) is 10.2 Å². The van der Waals surface area contributed by atoms with Crippen LogP contribution in [0.1, 0.15) is 56.9 Å². The molecular formula is C23H36ClIN4O. The third kappa shape index (κ3) is 6.49. The fourth-order valence-corrected chi connectivity index (χ4v) is 5.02. The van der Waals surface area contributed by atoms with Gasteiger partial charge in [0, 0.05) is 50.6 Å². The van der Waals surface area contributed by atoms with Gasteiger partial charge in [-0.1, -0.05) is 43.0 Å². The minimum Gasteiger partial charge on any atom is -0.359 e. The Kier molecular flexibility index (Phi) is 10.2. The molecule has 1 aliphatic heterocycles. The van der Waals surface area contributed by atoms with E-state index in [2.05, 4.69) is 32.7 Å². The average Bonchev–Trinajstić information content (AvgIpc) is 2.76. The summed E-state index contributed by atoms with van der Waals surface area (Å²) in [6, 6.07) is 8.42. The predicted octanol–water partition coefficient (Wildman–Crippen LogP) is 4.58. The molecule has 2 fully saturated rings. The van der Waals surface area contributed by atoms with Crippen molar-refractivity contribution in [2.45, 2.75) is 56.8 Å². The van der Waals surface area contributed by atoms with Gasteiger partial charge in [0.25, 0.3) is 0 Å². The third-order valence-corrected chi connectivity index (χ3v) is 6.98. The summed E-state index contributed by atoms with van der Waals surface area (Å²) >= 11 is 6.13. The Morgan fingerprint density at radius 2 is 1.80 bits per heavy atom. The molecule has 1 saturated carbocycles. The van der Waals surface area contributed by atoms with E-state index in [1.54, 1.807) is 7.05 Å². The van der Waals surface area contributed by atoms with E-state index >= 15 is 0 Å². The highest BCUT2D eigenvalue weighted by atomic mass is 127. The van der Waals surface area contributed by atoms with E-state index in [0.29, 0.717) is 12.3 Å². The van der Waals surface area contributed by atoms with E-state index in [0.717, 1.165) is 43.5 Å². The Hall–Kier alpha value is -1.02. The van der Waals surface area contributed by atoms with Crippen molar-refractivity contribution in [1.82, 2.24) is 15.5 Å². The van der Waals surface area contributed by atoms with Gasteiger partial charge in [0.1, 0.15) is 0 Å². The molecule has 0 spiro atoms. The number of carbonyl (C=O) groups is 1. The van der Waals surface area contributed by atoms with Crippen molar-refractivity contribution in [3.63, 3.8) is 0 Å². The molecule has 1 aromatic rings. The first kappa shape index (κ1) is 25.2. The molecule has 3 rings (SSSR count). The van der Waals surface area contributed by atoms with Gasteiger partial charge in [0.15, 0.2) is 5.96 Å². The topological polar surface area (TPSA) is 56.7 Å². The molecule has 1 aromatic carbocycles. The summed E-state index contributed by atoms with van der Waals surface area (Å²) in [6.07, 6.45) is 8.98. The number of amides is 1. The van der Waals surface area contributed by atoms with Gasteiger partial charge in [-0.15, -0.1) is 24.0 Å². The van der Waals surface area contributed by atoms with Crippen LogP contribution in [0, 0.1) is 5.92 Å². The van der Waals surface area contributed by atoms with Crippen LogP contribution in [-0.4, -0.2) is 50.5 Å². The van der Waals surface area contributed by atoms with Gasteiger partial charge >= 0.3 is 0 Å². The summed E-state index contributed by atoms with van der Waals surface area (Å²) in [4.78, 5) is 18.6. The van der Waals surface area contributed by atoms with Crippen LogP contribution in [0.5, 0.6) is 0 Å². The van der Waals surface area contributed by atoms with Crippen molar-refractivity contribution >= 4 is 47.4 Å². The summed E-state index contributed by atoms with van der Waals surface area (Å²) in [5, 5.41) is 7.23. The Balaban J connectivity index is 0.00000320. The minimum absolute atomic E-state index is 0. The largest absolute Gasteiger partial charge is 0.359 e. The molecule has 0 aromatic heterocycles. The maximum Gasteiger partial charge on any atom is 0.220 e. The van der Waals surface area contributed by atoms with Crippen molar-refractivity contribution < 1.29 is 4.79 Å². The van der Waals surface area contributed by atoms with Crippen LogP contribution in [0.15, 0.2) is 29.3 Å². The van der Waals surface area contributed by atoms with E-state index in [1.807, 2.05) is 19.2 Å². The number of aliphatic imine (C=N–C) groups is 1. The van der Waals surface area contributed by atoms with Crippen molar-refractivity contribution in [1.29, 1.82) is 0 Å². The van der Waals surface area contributed by atoms with Crippen LogP contribution >= 0.6 is 35.6 Å². The van der Waals surface area contributed by atoms with Crippen molar-refractivity contribution in [2.24, 2.45) is 10.9 Å². The Morgan fingerprint density at radius 1 is 1.17 bits per heavy atom. The molecule has 30 heavy (non-hydrogen) atoms. The average molecular weight is 547 g/mol. The lowest BCUT2D eigenvalue weighted by Crippen LogP contribution is -2.50. The van der Waals surface area contributed by atoms with E-state index in [1.165, 1.54) is 37.7 Å². The number of likely N-dealkylation sites (tertiary alicyclic amines) is 1. The third-order valence-electron chi connectivity index (χ3n) is 6.73. The number of nitrogens with zero attached hydrogens (tertiary/aromatic N) is 2. The molecule has 5 nitrogen and oxygen atoms in total. The molecule has 2 aliphatic rings. The summed E-state index contributed by atoms with van der Waals surface area (Å²) < 4.78 is 0. The highest BCUT2D eigenvalue weighted by Gasteiger charge is 2.34. The lowest BCUT2D eigenvalue weighted by atomic mass is 9.69. The lowest BCUT2D eigenvalue weighted by Gasteiger charge is -2.40. The van der Waals surface area contributed by atoms with Crippen LogP contribution in [0.25, 0.3) is 0 Å². The maximum atomic E-state index is 11.7. The number of piperidine rings is 1. The molecule has 1 heterocycles. The summed E-state index contributed by atoms with van der Waals surface area (Å²) in [5.74, 6) is 1.61. The zero-order chi connectivity index (χ0) is 20.7. The smallest absolute Gasteiger partial charge is 0.220 e. The standard InChI is InChI=1S/C23H35ClN4O.HI/c1-25-21(29)16-18-10-14-28(15-11-18)22(26-2)27-17-23(12-4-3-5-13-23)19-6-8-20(24)9-7-19;/h6-9,18H,3-5,10-17H2,1-2H3,(H,25,29)(H,26,27);1H. The normalized spacial score (nSPS) is 19.7. The van der Waals surface area contributed by atoms with Crippen LogP contribution in [0.4, 0.5) is 0 Å². The van der Waals surface area contributed by atoms with Gasteiger partial charge in [0.2, 0.25) is 5.91 Å². The van der Waals surface area contributed by atoms with Crippen LogP contribution in [0.2, 0.25) is 5.02 Å². The van der Waals surface area contributed by atoms with Gasteiger partial charge in [-0.25, -0.2) is 0 Å². The van der Waals surface area contributed by atoms with E-state index in [-0.39, 0.29) is 35.3 Å². The lowest BCUT2D eigenvalue weighted by molar-refractivity contribution is -0.121. The molecule has 168 valence electrons. The first-order valence-corrected chi connectivity index (χ1v) is 11.4. The quantitative estimate of drug-likeness (QED) is 0.323. The van der Waals surface area contributed by atoms with Gasteiger partial charge < -0.3 is 15.5 Å². The molecular weight excluding hydrogens is 511 g/mol. The summed E-state index contributed by atoms with van der Waals surface area (Å²) in [7, 11) is 3.58. The number of nitrogens with one attached hydrogen (secondary N) is 2. The second-order valence-corrected chi connectivity index (χ2v) is 8.99. The fourth-order valence-electron chi connectivity index (χ4n) is 4.89. The van der Waals surface area contributed by atoms with Crippen molar-refractivity contribution in [3.8, 4) is 0 Å². The molecule has 0 unspecified atom stereocenters. The van der Waals surface area contributed by atoms with Gasteiger partial charge in [-0.05, 0) is 49.3 Å². The maximum absolute atomic E-state index is 11.7. The Labute approximate surface area is 203 Å². The van der Waals surface area contributed by atoms with Crippen molar-refractivity contribution in [2.75, 3.05) is 33.7 Å². The van der Waals surface area contributed by atoms with E-state index < -0.39 is 0 Å². The molecule has 1 amide bonds. The summed E-state index contributed by atoms with van der Waals surface area (Å²) in [5.41, 5.74) is 1.53. The zero-order valence-electron chi connectivity index (χ0n) is 18.3. The number of halogens is 2. The van der Waals surface area contributed by atoms with E-state index in [4.69, 9.17) is 11.6 Å². The van der Waals surface area contributed by atoms with E-state index in [9.17, 15) is 4.79 Å². The number of hydrogen-bond acceptors (Lipinski definition) is 2. The summed E-state index contributed by atoms with van der Waals surface area (Å²) in [6.45, 7) is 2.81. The number of benzene rings is 1. The van der Waals surface area contributed by atoms with Gasteiger partial charge in [-0.3, -0.25) is 9.79 Å². The number of hydrogen-bond donors (Lipinski definition) is 2. The molecule has 0 atom stereocenters. The van der Waals surface area contributed by atoms with Crippen molar-refractivity contribution in [3.05, 3.63) is 34.9 Å². The van der Waals surface area contributed by atoms with Gasteiger partial charge in [-0.2, -0.15) is 0 Å². The fraction of sp³-hybridized carbons (Fsp3) is 0.652. The monoisotopic (exact) mass is 546 g/mol. The zero-order valence-corrected chi connectivity index (χ0v) is 21.3. The molecule has 7 heteroatoms. The Bertz CT molecular complexity index is 696. The molecule has 2 N–H and O–H groups in total. The second kappa shape index (κ2) is 12.1. The number of rotatable bonds is 5. The predicted molar refractivity (Wildman–Crippen MR) is 136 cm³/mol. The van der Waals surface area contributed by atoms with Crippen LogP contribution < -0.4 is 10.6 Å². The SMILES string of the molecule is CN=C(NCC1(c2ccc(Cl)cc2)CCCCC1)N1CCC(CC(=O)NC)CC1.I. The molecule has 1 aliphatic carbocycles.